The molecule has 1 atom stereocenters. The SMILES string of the molecule is CCCCCC1OC(=C=O)C(C(=O)NOC)=C1c1cc2cc(-c3cccs3)ccc2[nH]1. The van der Waals surface area contributed by atoms with Crippen molar-refractivity contribution >= 4 is 39.7 Å². The molecule has 2 aromatic heterocycles. The number of aromatic amines is 1. The summed E-state index contributed by atoms with van der Waals surface area (Å²) in [6, 6.07) is 12.3. The lowest BCUT2D eigenvalue weighted by atomic mass is 9.97. The molecule has 3 heterocycles. The summed E-state index contributed by atoms with van der Waals surface area (Å²) < 4.78 is 5.87. The Morgan fingerprint density at radius 2 is 2.16 bits per heavy atom. The van der Waals surface area contributed by atoms with E-state index in [0.29, 0.717) is 12.0 Å². The molecule has 31 heavy (non-hydrogen) atoms. The van der Waals surface area contributed by atoms with Gasteiger partial charge in [-0.2, -0.15) is 0 Å². The molecule has 160 valence electrons. The standard InChI is InChI=1S/C24H24N2O4S/c1-3-4-5-7-19-22(23(20(14-27)30-19)24(28)26-29-2)18-13-16-12-15(9-10-17(16)25-18)21-8-6-11-31-21/h6,8-13,19,25H,3-5,7H2,1-2H3,(H,26,28). The second-order valence-electron chi connectivity index (χ2n) is 7.42. The van der Waals surface area contributed by atoms with Gasteiger partial charge in [0.2, 0.25) is 5.76 Å². The summed E-state index contributed by atoms with van der Waals surface area (Å²) in [4.78, 5) is 33.7. The highest BCUT2D eigenvalue weighted by atomic mass is 32.1. The van der Waals surface area contributed by atoms with E-state index >= 15 is 0 Å². The molecule has 1 aromatic carbocycles. The van der Waals surface area contributed by atoms with Crippen molar-refractivity contribution in [2.75, 3.05) is 7.11 Å². The number of carbonyl (C=O) groups excluding carboxylic acids is 2. The predicted octanol–water partition coefficient (Wildman–Crippen LogP) is 5.02. The number of amides is 1. The molecule has 1 amide bonds. The summed E-state index contributed by atoms with van der Waals surface area (Å²) in [6.45, 7) is 2.13. The van der Waals surface area contributed by atoms with Crippen LogP contribution in [0.5, 0.6) is 0 Å². The van der Waals surface area contributed by atoms with Gasteiger partial charge in [-0.3, -0.25) is 9.63 Å². The average Bonchev–Trinajstić information content (AvgIpc) is 3.51. The number of thiophene rings is 1. The first-order valence-electron chi connectivity index (χ1n) is 10.3. The third-order valence-corrected chi connectivity index (χ3v) is 6.30. The molecule has 1 aliphatic rings. The van der Waals surface area contributed by atoms with E-state index in [4.69, 9.17) is 9.57 Å². The van der Waals surface area contributed by atoms with Crippen molar-refractivity contribution in [1.82, 2.24) is 10.5 Å². The topological polar surface area (TPSA) is 80.4 Å². The molecule has 3 aromatic rings. The predicted molar refractivity (Wildman–Crippen MR) is 122 cm³/mol. The Morgan fingerprint density at radius 1 is 1.29 bits per heavy atom. The van der Waals surface area contributed by atoms with Crippen LogP contribution in [0.2, 0.25) is 0 Å². The average molecular weight is 437 g/mol. The van der Waals surface area contributed by atoms with Gasteiger partial charge in [0.15, 0.2) is 5.94 Å². The van der Waals surface area contributed by atoms with Crippen molar-refractivity contribution < 1.29 is 19.2 Å². The minimum absolute atomic E-state index is 0.0796. The fourth-order valence-corrected chi connectivity index (χ4v) is 4.68. The maximum Gasteiger partial charge on any atom is 0.279 e. The van der Waals surface area contributed by atoms with Gasteiger partial charge in [0.1, 0.15) is 11.7 Å². The van der Waals surface area contributed by atoms with Crippen LogP contribution in [0, 0.1) is 0 Å². The highest BCUT2D eigenvalue weighted by Crippen LogP contribution is 2.39. The second-order valence-corrected chi connectivity index (χ2v) is 8.37. The molecular formula is C24H24N2O4S. The normalized spacial score (nSPS) is 15.9. The number of H-pyrrole nitrogens is 1. The first kappa shape index (κ1) is 21.1. The van der Waals surface area contributed by atoms with Crippen LogP contribution in [0.25, 0.3) is 26.9 Å². The molecule has 1 aliphatic heterocycles. The number of hydrogen-bond acceptors (Lipinski definition) is 5. The molecular weight excluding hydrogens is 412 g/mol. The quantitative estimate of drug-likeness (QED) is 0.295. The number of carbonyl (C=O) groups is 1. The van der Waals surface area contributed by atoms with Crippen molar-refractivity contribution in [3.63, 3.8) is 0 Å². The lowest BCUT2D eigenvalue weighted by molar-refractivity contribution is -0.127. The van der Waals surface area contributed by atoms with Gasteiger partial charge >= 0.3 is 0 Å². The summed E-state index contributed by atoms with van der Waals surface area (Å²) in [5.74, 6) is 1.19. The van der Waals surface area contributed by atoms with Gasteiger partial charge in [-0.25, -0.2) is 10.3 Å². The first-order valence-corrected chi connectivity index (χ1v) is 11.2. The lowest BCUT2D eigenvalue weighted by Gasteiger charge is -2.13. The molecule has 1 unspecified atom stereocenters. The van der Waals surface area contributed by atoms with E-state index < -0.39 is 12.0 Å². The van der Waals surface area contributed by atoms with E-state index in [0.717, 1.165) is 41.4 Å². The number of fused-ring (bicyclic) bond motifs is 1. The first-order chi connectivity index (χ1) is 15.2. The van der Waals surface area contributed by atoms with Gasteiger partial charge in [-0.05, 0) is 48.1 Å². The molecule has 0 saturated carbocycles. The molecule has 0 bridgehead atoms. The zero-order chi connectivity index (χ0) is 21.8. The van der Waals surface area contributed by atoms with Crippen LogP contribution < -0.4 is 5.48 Å². The van der Waals surface area contributed by atoms with Crippen LogP contribution in [0.15, 0.2) is 53.1 Å². The third kappa shape index (κ3) is 4.21. The summed E-state index contributed by atoms with van der Waals surface area (Å²) in [5.41, 5.74) is 5.99. The smallest absolute Gasteiger partial charge is 0.279 e. The molecule has 0 fully saturated rings. The Hall–Kier alpha value is -3.12. The van der Waals surface area contributed by atoms with E-state index in [1.165, 1.54) is 12.0 Å². The Bertz CT molecular complexity index is 1170. The van der Waals surface area contributed by atoms with Crippen LogP contribution >= 0.6 is 11.3 Å². The molecule has 2 N–H and O–H groups in total. The van der Waals surface area contributed by atoms with Crippen molar-refractivity contribution in [2.45, 2.75) is 38.7 Å². The molecule has 0 spiro atoms. The van der Waals surface area contributed by atoms with E-state index in [9.17, 15) is 9.59 Å². The zero-order valence-corrected chi connectivity index (χ0v) is 18.3. The Morgan fingerprint density at radius 3 is 2.87 bits per heavy atom. The van der Waals surface area contributed by atoms with Crippen LogP contribution in [-0.4, -0.2) is 30.0 Å². The van der Waals surface area contributed by atoms with Gasteiger partial charge in [0.25, 0.3) is 5.91 Å². The summed E-state index contributed by atoms with van der Waals surface area (Å²) in [5, 5.41) is 3.08. The summed E-state index contributed by atoms with van der Waals surface area (Å²) in [6.07, 6.45) is 3.35. The van der Waals surface area contributed by atoms with Crippen LogP contribution in [0.3, 0.4) is 0 Å². The van der Waals surface area contributed by atoms with E-state index in [2.05, 4.69) is 41.0 Å². The van der Waals surface area contributed by atoms with Gasteiger partial charge in [0.05, 0.1) is 7.11 Å². The number of hydrogen-bond donors (Lipinski definition) is 2. The van der Waals surface area contributed by atoms with Crippen molar-refractivity contribution in [3.8, 4) is 10.4 Å². The number of nitrogens with one attached hydrogen (secondary N) is 2. The summed E-state index contributed by atoms with van der Waals surface area (Å²) >= 11 is 1.69. The van der Waals surface area contributed by atoms with E-state index in [1.807, 2.05) is 18.2 Å². The number of rotatable bonds is 8. The van der Waals surface area contributed by atoms with E-state index in [1.54, 1.807) is 17.3 Å². The zero-order valence-electron chi connectivity index (χ0n) is 17.5. The molecule has 0 radical (unpaired) electrons. The highest BCUT2D eigenvalue weighted by Gasteiger charge is 2.37. The highest BCUT2D eigenvalue weighted by molar-refractivity contribution is 7.13. The van der Waals surface area contributed by atoms with Gasteiger partial charge in [-0.15, -0.1) is 11.3 Å². The largest absolute Gasteiger partial charge is 0.474 e. The summed E-state index contributed by atoms with van der Waals surface area (Å²) in [7, 11) is 1.35. The van der Waals surface area contributed by atoms with Gasteiger partial charge in [0, 0.05) is 27.0 Å². The van der Waals surface area contributed by atoms with Crippen LogP contribution in [-0.2, 0) is 19.2 Å². The maximum absolute atomic E-state index is 12.7. The van der Waals surface area contributed by atoms with Crippen LogP contribution in [0.4, 0.5) is 0 Å². The van der Waals surface area contributed by atoms with E-state index in [-0.39, 0.29) is 11.3 Å². The van der Waals surface area contributed by atoms with Gasteiger partial charge < -0.3 is 9.72 Å². The maximum atomic E-state index is 12.7. The minimum Gasteiger partial charge on any atom is -0.474 e. The monoisotopic (exact) mass is 436 g/mol. The number of unbranched alkanes of at least 4 members (excludes halogenated alkanes) is 2. The molecule has 7 heteroatoms. The Kier molecular flexibility index (Phi) is 6.37. The fraction of sp³-hybridized carbons (Fsp3) is 0.292. The number of ether oxygens (including phenoxy) is 1. The second kappa shape index (κ2) is 9.35. The van der Waals surface area contributed by atoms with Crippen LogP contribution in [0.1, 0.15) is 38.3 Å². The van der Waals surface area contributed by atoms with Crippen molar-refractivity contribution in [3.05, 3.63) is 58.8 Å². The molecule has 0 saturated heterocycles. The Balaban J connectivity index is 1.80. The minimum atomic E-state index is -0.522. The molecule has 0 aliphatic carbocycles. The number of hydroxylamine groups is 1. The van der Waals surface area contributed by atoms with Crippen molar-refractivity contribution in [2.24, 2.45) is 0 Å². The third-order valence-electron chi connectivity index (χ3n) is 5.38. The van der Waals surface area contributed by atoms with Crippen molar-refractivity contribution in [1.29, 1.82) is 0 Å². The molecule has 6 nitrogen and oxygen atoms in total. The van der Waals surface area contributed by atoms with Gasteiger partial charge in [-0.1, -0.05) is 31.9 Å². The lowest BCUT2D eigenvalue weighted by Crippen LogP contribution is -2.24. The molecule has 4 rings (SSSR count). The fourth-order valence-electron chi connectivity index (χ4n) is 3.95. The number of benzene rings is 1. The Labute approximate surface area is 184 Å². The number of aromatic nitrogens is 1.